The zero-order valence-corrected chi connectivity index (χ0v) is 14.1. The first-order chi connectivity index (χ1) is 10.1. The van der Waals surface area contributed by atoms with Gasteiger partial charge in [0.25, 0.3) is 0 Å². The lowest BCUT2D eigenvalue weighted by atomic mass is 10.1. The maximum absolute atomic E-state index is 12.4. The molecule has 0 aliphatic heterocycles. The highest BCUT2D eigenvalue weighted by atomic mass is 79.9. The molecule has 0 saturated carbocycles. The second-order valence-corrected chi connectivity index (χ2v) is 7.63. The first-order valence-corrected chi connectivity index (χ1v) is 8.56. The number of fused-ring (bicyclic) bond motifs is 1. The van der Waals surface area contributed by atoms with Crippen LogP contribution >= 0.6 is 15.9 Å². The molecule has 1 heterocycles. The van der Waals surface area contributed by atoms with Gasteiger partial charge in [0, 0.05) is 4.47 Å². The topological polar surface area (TPSA) is 132 Å². The Morgan fingerprint density at radius 3 is 2.32 bits per heavy atom. The molecular formula is C12H14BrN3O5S. The maximum Gasteiger partial charge on any atom is 0.323 e. The number of imidazole rings is 1. The van der Waals surface area contributed by atoms with Gasteiger partial charge in [-0.05, 0) is 34.0 Å². The number of sulfonamides is 1. The number of benzene rings is 1. The van der Waals surface area contributed by atoms with Gasteiger partial charge >= 0.3 is 11.7 Å². The van der Waals surface area contributed by atoms with Gasteiger partial charge in [0.1, 0.15) is 6.04 Å². The smallest absolute Gasteiger partial charge is 0.323 e. The van der Waals surface area contributed by atoms with E-state index in [2.05, 4.69) is 30.6 Å². The van der Waals surface area contributed by atoms with Crippen molar-refractivity contribution < 1.29 is 18.3 Å². The molecule has 0 amide bonds. The molecule has 1 atom stereocenters. The molecular weight excluding hydrogens is 378 g/mol. The van der Waals surface area contributed by atoms with Gasteiger partial charge in [-0.3, -0.25) is 4.79 Å². The Morgan fingerprint density at radius 2 is 1.82 bits per heavy atom. The Morgan fingerprint density at radius 1 is 1.27 bits per heavy atom. The van der Waals surface area contributed by atoms with Crippen LogP contribution in [0.2, 0.25) is 0 Å². The van der Waals surface area contributed by atoms with Crippen molar-refractivity contribution in [2.24, 2.45) is 5.92 Å². The van der Waals surface area contributed by atoms with Crippen LogP contribution in [0.4, 0.5) is 0 Å². The van der Waals surface area contributed by atoms with Crippen LogP contribution in [0.25, 0.3) is 11.0 Å². The van der Waals surface area contributed by atoms with Crippen LogP contribution in [-0.2, 0) is 14.8 Å². The number of hydrogen-bond acceptors (Lipinski definition) is 4. The number of halogens is 1. The van der Waals surface area contributed by atoms with E-state index in [4.69, 9.17) is 5.11 Å². The Kier molecular flexibility index (Phi) is 4.45. The summed E-state index contributed by atoms with van der Waals surface area (Å²) in [5.41, 5.74) is 0.287. The fraction of sp³-hybridized carbons (Fsp3) is 0.333. The molecule has 1 aromatic carbocycles. The molecule has 8 nitrogen and oxygen atoms in total. The molecule has 0 spiro atoms. The summed E-state index contributed by atoms with van der Waals surface area (Å²) in [5.74, 6) is -1.69. The summed E-state index contributed by atoms with van der Waals surface area (Å²) in [5, 5.41) is 9.11. The Labute approximate surface area is 134 Å². The number of carboxylic acid groups (broad SMARTS) is 1. The third kappa shape index (κ3) is 3.23. The molecule has 2 aromatic rings. The Balaban J connectivity index is 2.51. The van der Waals surface area contributed by atoms with Gasteiger partial charge in [-0.25, -0.2) is 13.2 Å². The molecule has 0 fully saturated rings. The summed E-state index contributed by atoms with van der Waals surface area (Å²) < 4.78 is 27.2. The summed E-state index contributed by atoms with van der Waals surface area (Å²) in [6.07, 6.45) is 0. The molecule has 0 aliphatic carbocycles. The molecule has 0 saturated heterocycles. The van der Waals surface area contributed by atoms with Crippen LogP contribution in [0.15, 0.2) is 26.3 Å². The fourth-order valence-corrected chi connectivity index (χ4v) is 4.35. The maximum atomic E-state index is 12.4. The number of rotatable bonds is 5. The summed E-state index contributed by atoms with van der Waals surface area (Å²) >= 11 is 3.12. The van der Waals surface area contributed by atoms with E-state index in [-0.39, 0.29) is 9.37 Å². The van der Waals surface area contributed by atoms with E-state index >= 15 is 0 Å². The zero-order valence-electron chi connectivity index (χ0n) is 11.7. The average Bonchev–Trinajstić information content (AvgIpc) is 2.73. The molecule has 2 rings (SSSR count). The number of carboxylic acids is 1. The van der Waals surface area contributed by atoms with E-state index < -0.39 is 33.6 Å². The van der Waals surface area contributed by atoms with Crippen molar-refractivity contribution in [2.45, 2.75) is 24.8 Å². The third-order valence-corrected chi connectivity index (χ3v) is 5.47. The lowest BCUT2D eigenvalue weighted by Gasteiger charge is -2.18. The lowest BCUT2D eigenvalue weighted by molar-refractivity contribution is -0.140. The largest absolute Gasteiger partial charge is 0.480 e. The summed E-state index contributed by atoms with van der Waals surface area (Å²) in [6, 6.07) is 1.45. The fourth-order valence-electron chi connectivity index (χ4n) is 1.94. The Bertz CT molecular complexity index is 884. The van der Waals surface area contributed by atoms with Crippen molar-refractivity contribution in [1.29, 1.82) is 0 Å². The van der Waals surface area contributed by atoms with Gasteiger partial charge in [-0.15, -0.1) is 0 Å². The molecule has 0 bridgehead atoms. The predicted molar refractivity (Wildman–Crippen MR) is 83.2 cm³/mol. The second kappa shape index (κ2) is 5.86. The van der Waals surface area contributed by atoms with E-state index in [9.17, 15) is 18.0 Å². The number of hydrogen-bond donors (Lipinski definition) is 4. The molecule has 22 heavy (non-hydrogen) atoms. The first-order valence-electron chi connectivity index (χ1n) is 6.28. The van der Waals surface area contributed by atoms with Gasteiger partial charge in [-0.2, -0.15) is 4.72 Å². The molecule has 120 valence electrons. The first kappa shape index (κ1) is 16.7. The molecule has 1 aromatic heterocycles. The number of H-pyrrole nitrogens is 2. The number of aliphatic carboxylic acids is 1. The van der Waals surface area contributed by atoms with E-state index in [1.54, 1.807) is 13.8 Å². The van der Waals surface area contributed by atoms with Crippen LogP contribution in [-0.4, -0.2) is 35.5 Å². The van der Waals surface area contributed by atoms with Gasteiger partial charge < -0.3 is 15.1 Å². The molecule has 1 unspecified atom stereocenters. The van der Waals surface area contributed by atoms with Crippen LogP contribution in [0.5, 0.6) is 0 Å². The van der Waals surface area contributed by atoms with Crippen molar-refractivity contribution in [3.63, 3.8) is 0 Å². The van der Waals surface area contributed by atoms with Crippen molar-refractivity contribution in [2.75, 3.05) is 0 Å². The number of aromatic nitrogens is 2. The summed E-state index contributed by atoms with van der Waals surface area (Å²) in [6.45, 7) is 3.20. The third-order valence-electron chi connectivity index (χ3n) is 3.07. The Hall–Kier alpha value is -1.65. The second-order valence-electron chi connectivity index (χ2n) is 5.09. The minimum Gasteiger partial charge on any atom is -0.480 e. The van der Waals surface area contributed by atoms with Crippen molar-refractivity contribution in [1.82, 2.24) is 14.7 Å². The van der Waals surface area contributed by atoms with E-state index in [0.29, 0.717) is 11.0 Å². The molecule has 0 aliphatic rings. The van der Waals surface area contributed by atoms with Gasteiger partial charge in [0.2, 0.25) is 10.0 Å². The van der Waals surface area contributed by atoms with E-state index in [0.717, 1.165) is 0 Å². The highest BCUT2D eigenvalue weighted by molar-refractivity contribution is 9.10. The van der Waals surface area contributed by atoms with Crippen molar-refractivity contribution in [3.8, 4) is 0 Å². The quantitative estimate of drug-likeness (QED) is 0.603. The van der Waals surface area contributed by atoms with Crippen molar-refractivity contribution in [3.05, 3.63) is 27.1 Å². The van der Waals surface area contributed by atoms with Crippen LogP contribution in [0, 0.1) is 5.92 Å². The van der Waals surface area contributed by atoms with E-state index in [1.165, 1.54) is 12.1 Å². The molecule has 10 heteroatoms. The monoisotopic (exact) mass is 391 g/mol. The highest BCUT2D eigenvalue weighted by Crippen LogP contribution is 2.26. The van der Waals surface area contributed by atoms with Crippen molar-refractivity contribution >= 4 is 43.0 Å². The van der Waals surface area contributed by atoms with Gasteiger partial charge in [0.15, 0.2) is 0 Å². The number of carbonyl (C=O) groups is 1. The lowest BCUT2D eigenvalue weighted by Crippen LogP contribution is -2.44. The zero-order chi connectivity index (χ0) is 16.7. The SMILES string of the molecule is CC(C)C(NS(=O)(=O)c1cc2[nH]c(=O)[nH]c2cc1Br)C(=O)O. The number of nitrogens with one attached hydrogen (secondary N) is 3. The van der Waals surface area contributed by atoms with Crippen LogP contribution < -0.4 is 10.4 Å². The normalized spacial score (nSPS) is 13.6. The molecule has 4 N–H and O–H groups in total. The summed E-state index contributed by atoms with van der Waals surface area (Å²) in [4.78, 5) is 27.2. The van der Waals surface area contributed by atoms with E-state index in [1.807, 2.05) is 0 Å². The predicted octanol–water partition coefficient (Wildman–Crippen LogP) is 1.01. The van der Waals surface area contributed by atoms with Crippen LogP contribution in [0.1, 0.15) is 13.8 Å². The minimum absolute atomic E-state index is 0.151. The molecule has 0 radical (unpaired) electrons. The standard InChI is InChI=1S/C12H14BrN3O5S/c1-5(2)10(11(17)18)16-22(20,21)9-4-8-7(3-6(9)13)14-12(19)15-8/h3-5,10,16H,1-2H3,(H,17,18)(H2,14,15,19). The number of aromatic amines is 2. The van der Waals surface area contributed by atoms with Gasteiger partial charge in [0.05, 0.1) is 15.9 Å². The minimum atomic E-state index is -4.08. The average molecular weight is 392 g/mol. The van der Waals surface area contributed by atoms with Crippen LogP contribution in [0.3, 0.4) is 0 Å². The highest BCUT2D eigenvalue weighted by Gasteiger charge is 2.29. The van der Waals surface area contributed by atoms with Gasteiger partial charge in [-0.1, -0.05) is 13.8 Å². The summed E-state index contributed by atoms with van der Waals surface area (Å²) in [7, 11) is -4.08.